The number of ether oxygens (including phenoxy) is 1. The summed E-state index contributed by atoms with van der Waals surface area (Å²) in [6.45, 7) is 9.62. The lowest BCUT2D eigenvalue weighted by Crippen LogP contribution is -2.49. The van der Waals surface area contributed by atoms with E-state index in [-0.39, 0.29) is 37.3 Å². The predicted molar refractivity (Wildman–Crippen MR) is 165 cm³/mol. The third-order valence-electron chi connectivity index (χ3n) is 6.89. The van der Waals surface area contributed by atoms with Gasteiger partial charge < -0.3 is 10.1 Å². The summed E-state index contributed by atoms with van der Waals surface area (Å²) >= 11 is 0. The Balaban J connectivity index is 2.30. The van der Waals surface area contributed by atoms with E-state index in [4.69, 9.17) is 15.4 Å². The van der Waals surface area contributed by atoms with E-state index in [9.17, 15) is 19.2 Å². The van der Waals surface area contributed by atoms with Gasteiger partial charge in [0.1, 0.15) is 6.61 Å². The molecule has 10 nitrogen and oxygen atoms in total. The lowest BCUT2D eigenvalue weighted by Gasteiger charge is -2.36. The van der Waals surface area contributed by atoms with Crippen molar-refractivity contribution in [2.24, 2.45) is 29.0 Å². The van der Waals surface area contributed by atoms with E-state index in [2.05, 4.69) is 16.2 Å². The van der Waals surface area contributed by atoms with Crippen molar-refractivity contribution in [1.82, 2.24) is 16.2 Å². The molecule has 0 bridgehead atoms. The largest absolute Gasteiger partial charge is 0.445 e. The zero-order chi connectivity index (χ0) is 31.8. The molecule has 234 valence electrons. The normalized spacial score (nSPS) is 14.1. The van der Waals surface area contributed by atoms with Crippen LogP contribution in [0.2, 0.25) is 0 Å². The zero-order valence-corrected chi connectivity index (χ0v) is 25.8. The third kappa shape index (κ3) is 12.4. The van der Waals surface area contributed by atoms with Gasteiger partial charge >= 0.3 is 6.09 Å². The Bertz CT molecular complexity index is 1200. The van der Waals surface area contributed by atoms with E-state index >= 15 is 0 Å². The lowest BCUT2D eigenvalue weighted by molar-refractivity contribution is -0.132. The van der Waals surface area contributed by atoms with E-state index < -0.39 is 35.3 Å². The molecule has 0 aliphatic heterocycles. The lowest BCUT2D eigenvalue weighted by atomic mass is 9.67. The van der Waals surface area contributed by atoms with Gasteiger partial charge in [0.15, 0.2) is 5.78 Å². The molecule has 0 aromatic heterocycles. The third-order valence-corrected chi connectivity index (χ3v) is 6.89. The Hall–Kier alpha value is -4.02. The second kappa shape index (κ2) is 17.8. The molecule has 5 N–H and O–H groups in total. The number of rotatable bonds is 17. The van der Waals surface area contributed by atoms with Crippen LogP contribution >= 0.6 is 0 Å². The molecule has 0 radical (unpaired) electrons. The standard InChI is InChI=1S/C33H46N4O6/c1-23(2)18-28(31(40)36-34)20-33(19-24(3)4,17-16-29(38)37-43-22-27-14-10-7-11-15-27)30(39)25(5)35-32(41)42-21-26-12-8-6-9-13-26/h6-17,23-25,28H,18-22,34H2,1-5H3,(H,35,41)(H,36,40)(H,37,38)/t25-,28-,33?/m1/s1. The Labute approximate surface area is 254 Å². The number of alkyl carbamates (subject to hydrolysis) is 1. The molecular weight excluding hydrogens is 548 g/mol. The second-order valence-corrected chi connectivity index (χ2v) is 11.7. The number of nitrogens with one attached hydrogen (secondary N) is 3. The molecule has 43 heavy (non-hydrogen) atoms. The highest BCUT2D eigenvalue weighted by Crippen LogP contribution is 2.39. The maximum absolute atomic E-state index is 14.2. The summed E-state index contributed by atoms with van der Waals surface area (Å²) in [5.74, 6) is 3.72. The van der Waals surface area contributed by atoms with Crippen molar-refractivity contribution in [3.8, 4) is 0 Å². The number of benzene rings is 2. The number of carbonyl (C=O) groups is 4. The maximum Gasteiger partial charge on any atom is 0.408 e. The molecule has 0 spiro atoms. The molecule has 0 aliphatic rings. The highest BCUT2D eigenvalue weighted by atomic mass is 16.6. The van der Waals surface area contributed by atoms with Crippen molar-refractivity contribution in [2.45, 2.75) is 73.1 Å². The summed E-state index contributed by atoms with van der Waals surface area (Å²) in [6, 6.07) is 17.5. The smallest absolute Gasteiger partial charge is 0.408 e. The van der Waals surface area contributed by atoms with Gasteiger partial charge in [-0.1, -0.05) is 94.4 Å². The number of hydrogen-bond donors (Lipinski definition) is 4. The fourth-order valence-electron chi connectivity index (χ4n) is 5.11. The molecule has 0 saturated heterocycles. The van der Waals surface area contributed by atoms with Crippen molar-refractivity contribution in [2.75, 3.05) is 0 Å². The number of Topliss-reactive ketones (excluding diaryl/α,β-unsaturated/α-hetero) is 1. The number of hydrazine groups is 1. The van der Waals surface area contributed by atoms with Crippen LogP contribution in [-0.4, -0.2) is 29.7 Å². The molecular formula is C33H46N4O6. The molecule has 0 heterocycles. The summed E-state index contributed by atoms with van der Waals surface area (Å²) in [6.07, 6.45) is 2.90. The van der Waals surface area contributed by atoms with Crippen LogP contribution in [0, 0.1) is 23.2 Å². The van der Waals surface area contributed by atoms with Crippen LogP contribution in [0.15, 0.2) is 72.8 Å². The molecule has 3 amide bonds. The van der Waals surface area contributed by atoms with Crippen LogP contribution in [0.4, 0.5) is 4.79 Å². The average molecular weight is 595 g/mol. The maximum atomic E-state index is 14.2. The van der Waals surface area contributed by atoms with Gasteiger partial charge in [-0.2, -0.15) is 0 Å². The number of hydrogen-bond acceptors (Lipinski definition) is 7. The first kappa shape index (κ1) is 35.2. The van der Waals surface area contributed by atoms with Gasteiger partial charge in [-0.25, -0.2) is 16.1 Å². The van der Waals surface area contributed by atoms with Crippen molar-refractivity contribution in [3.63, 3.8) is 0 Å². The van der Waals surface area contributed by atoms with Crippen molar-refractivity contribution in [1.29, 1.82) is 0 Å². The Morgan fingerprint density at radius 1 is 0.837 bits per heavy atom. The molecule has 1 unspecified atom stereocenters. The SMILES string of the molecule is CC(C)C[C@H](CC(C=CC(=O)NOCc1ccccc1)(CC(C)C)C(=O)[C@@H](C)NC(=O)OCc1ccccc1)C(=O)NN. The van der Waals surface area contributed by atoms with Gasteiger partial charge in [0, 0.05) is 12.0 Å². The Morgan fingerprint density at radius 3 is 1.95 bits per heavy atom. The van der Waals surface area contributed by atoms with Crippen molar-refractivity contribution < 1.29 is 28.8 Å². The Morgan fingerprint density at radius 2 is 1.42 bits per heavy atom. The molecule has 0 saturated carbocycles. The number of hydroxylamine groups is 1. The van der Waals surface area contributed by atoms with Gasteiger partial charge in [0.05, 0.1) is 18.1 Å². The Kier molecular flexibility index (Phi) is 14.6. The first-order chi connectivity index (χ1) is 20.5. The first-order valence-electron chi connectivity index (χ1n) is 14.6. The van der Waals surface area contributed by atoms with Crippen LogP contribution in [0.3, 0.4) is 0 Å². The molecule has 2 aromatic rings. The minimum Gasteiger partial charge on any atom is -0.445 e. The molecule has 2 aromatic carbocycles. The van der Waals surface area contributed by atoms with Gasteiger partial charge in [0.25, 0.3) is 5.91 Å². The molecule has 3 atom stereocenters. The number of carbonyl (C=O) groups excluding carboxylic acids is 4. The monoisotopic (exact) mass is 594 g/mol. The van der Waals surface area contributed by atoms with Crippen molar-refractivity contribution in [3.05, 3.63) is 83.9 Å². The fraction of sp³-hybridized carbons (Fsp3) is 0.455. The van der Waals surface area contributed by atoms with Crippen LogP contribution < -0.4 is 22.1 Å². The first-order valence-corrected chi connectivity index (χ1v) is 14.6. The highest BCUT2D eigenvalue weighted by Gasteiger charge is 2.43. The van der Waals surface area contributed by atoms with Crippen LogP contribution in [0.25, 0.3) is 0 Å². The number of allylic oxidation sites excluding steroid dienone is 1. The molecule has 0 aliphatic carbocycles. The summed E-state index contributed by atoms with van der Waals surface area (Å²) < 4.78 is 5.33. The van der Waals surface area contributed by atoms with Gasteiger partial charge in [-0.05, 0) is 49.1 Å². The highest BCUT2D eigenvalue weighted by molar-refractivity contribution is 5.95. The van der Waals surface area contributed by atoms with Crippen LogP contribution in [0.1, 0.15) is 65.0 Å². The predicted octanol–water partition coefficient (Wildman–Crippen LogP) is 4.75. The minimum absolute atomic E-state index is 0.00358. The average Bonchev–Trinajstić information content (AvgIpc) is 2.98. The summed E-state index contributed by atoms with van der Waals surface area (Å²) in [4.78, 5) is 57.8. The molecule has 10 heteroatoms. The van der Waals surface area contributed by atoms with E-state index in [0.29, 0.717) is 12.8 Å². The van der Waals surface area contributed by atoms with Crippen molar-refractivity contribution >= 4 is 23.7 Å². The summed E-state index contributed by atoms with van der Waals surface area (Å²) in [5, 5.41) is 2.63. The molecule has 2 rings (SSSR count). The number of nitrogens with two attached hydrogens (primary N) is 1. The van der Waals surface area contributed by atoms with E-state index in [1.54, 1.807) is 6.92 Å². The minimum atomic E-state index is -1.29. The van der Waals surface area contributed by atoms with E-state index in [0.717, 1.165) is 11.1 Å². The number of ketones is 1. The summed E-state index contributed by atoms with van der Waals surface area (Å²) in [7, 11) is 0. The quantitative estimate of drug-likeness (QED) is 0.0894. The summed E-state index contributed by atoms with van der Waals surface area (Å²) in [5.41, 5.74) is 5.00. The van der Waals surface area contributed by atoms with Crippen LogP contribution in [0.5, 0.6) is 0 Å². The zero-order valence-electron chi connectivity index (χ0n) is 25.8. The van der Waals surface area contributed by atoms with Gasteiger partial charge in [0.2, 0.25) is 5.91 Å². The van der Waals surface area contributed by atoms with E-state index in [1.807, 2.05) is 88.4 Å². The topological polar surface area (TPSA) is 149 Å². The van der Waals surface area contributed by atoms with Gasteiger partial charge in [-0.15, -0.1) is 0 Å². The van der Waals surface area contributed by atoms with Crippen LogP contribution in [-0.2, 0) is 37.2 Å². The second-order valence-electron chi connectivity index (χ2n) is 11.7. The molecule has 0 fully saturated rings. The fourth-order valence-corrected chi connectivity index (χ4v) is 5.11. The van der Waals surface area contributed by atoms with Gasteiger partial charge in [-0.3, -0.25) is 24.6 Å². The number of amides is 3. The van der Waals surface area contributed by atoms with E-state index in [1.165, 1.54) is 12.2 Å².